The van der Waals surface area contributed by atoms with E-state index in [1.54, 1.807) is 23.4 Å². The van der Waals surface area contributed by atoms with E-state index in [9.17, 15) is 0 Å². The Morgan fingerprint density at radius 3 is 2.69 bits per heavy atom. The maximum atomic E-state index is 5.30. The lowest BCUT2D eigenvalue weighted by Gasteiger charge is -2.05. The van der Waals surface area contributed by atoms with Gasteiger partial charge in [-0.25, -0.2) is 0 Å². The monoisotopic (exact) mass is 426 g/mol. The van der Waals surface area contributed by atoms with Crippen molar-refractivity contribution in [3.8, 4) is 17.0 Å². The molecule has 0 saturated heterocycles. The summed E-state index contributed by atoms with van der Waals surface area (Å²) < 4.78 is 8.16. The average molecular weight is 427 g/mol. The molecule has 0 radical (unpaired) electrons. The molecule has 0 spiro atoms. The zero-order valence-corrected chi connectivity index (χ0v) is 16.4. The van der Waals surface area contributed by atoms with Gasteiger partial charge in [0.2, 0.25) is 5.16 Å². The second-order valence-electron chi connectivity index (χ2n) is 5.62. The summed E-state index contributed by atoms with van der Waals surface area (Å²) in [6, 6.07) is 20.0. The molecule has 0 aliphatic heterocycles. The quantitative estimate of drug-likeness (QED) is 0.426. The summed E-state index contributed by atoms with van der Waals surface area (Å²) in [6.07, 6.45) is 0. The highest BCUT2D eigenvalue weighted by molar-refractivity contribution is 9.10. The Morgan fingerprint density at radius 2 is 1.88 bits per heavy atom. The van der Waals surface area contributed by atoms with Gasteiger partial charge in [0.15, 0.2) is 5.65 Å². The van der Waals surface area contributed by atoms with Gasteiger partial charge < -0.3 is 4.74 Å². The van der Waals surface area contributed by atoms with Gasteiger partial charge in [-0.1, -0.05) is 52.0 Å². The number of benzene rings is 2. The van der Waals surface area contributed by atoms with Crippen molar-refractivity contribution in [2.24, 2.45) is 0 Å². The van der Waals surface area contributed by atoms with Gasteiger partial charge >= 0.3 is 0 Å². The molecule has 2 aromatic carbocycles. The standard InChI is InChI=1S/C19H15BrN4OS/c1-25-16-4-2-3-14(11-16)17-9-10-18-21-22-19(24(18)23-17)26-12-13-5-7-15(20)8-6-13/h2-11H,12H2,1H3. The smallest absolute Gasteiger partial charge is 0.212 e. The second-order valence-corrected chi connectivity index (χ2v) is 7.48. The number of hydrogen-bond donors (Lipinski definition) is 0. The highest BCUT2D eigenvalue weighted by atomic mass is 79.9. The molecule has 4 rings (SSSR count). The minimum absolute atomic E-state index is 0.731. The van der Waals surface area contributed by atoms with Crippen LogP contribution in [0.3, 0.4) is 0 Å². The van der Waals surface area contributed by atoms with Crippen LogP contribution < -0.4 is 4.74 Å². The van der Waals surface area contributed by atoms with Crippen LogP contribution >= 0.6 is 27.7 Å². The van der Waals surface area contributed by atoms with Crippen LogP contribution in [-0.4, -0.2) is 26.9 Å². The summed E-state index contributed by atoms with van der Waals surface area (Å²) in [5, 5.41) is 14.0. The van der Waals surface area contributed by atoms with Crippen molar-refractivity contribution in [3.63, 3.8) is 0 Å². The summed E-state index contributed by atoms with van der Waals surface area (Å²) in [4.78, 5) is 0. The third-order valence-electron chi connectivity index (χ3n) is 3.88. The minimum atomic E-state index is 0.731. The van der Waals surface area contributed by atoms with Crippen LogP contribution in [0.5, 0.6) is 5.75 Å². The van der Waals surface area contributed by atoms with E-state index >= 15 is 0 Å². The molecule has 0 amide bonds. The molecule has 0 aliphatic carbocycles. The van der Waals surface area contributed by atoms with Crippen molar-refractivity contribution >= 4 is 33.3 Å². The van der Waals surface area contributed by atoms with Gasteiger partial charge in [-0.2, -0.15) is 9.61 Å². The maximum Gasteiger partial charge on any atom is 0.212 e. The van der Waals surface area contributed by atoms with Crippen molar-refractivity contribution in [1.82, 2.24) is 19.8 Å². The largest absolute Gasteiger partial charge is 0.497 e. The average Bonchev–Trinajstić information content (AvgIpc) is 3.10. The van der Waals surface area contributed by atoms with E-state index in [0.29, 0.717) is 0 Å². The number of ether oxygens (including phenoxy) is 1. The van der Waals surface area contributed by atoms with E-state index in [1.807, 2.05) is 48.5 Å². The van der Waals surface area contributed by atoms with Gasteiger partial charge in [-0.3, -0.25) is 0 Å². The first-order valence-electron chi connectivity index (χ1n) is 7.97. The number of methoxy groups -OCH3 is 1. The molecule has 26 heavy (non-hydrogen) atoms. The summed E-state index contributed by atoms with van der Waals surface area (Å²) in [6.45, 7) is 0. The first kappa shape index (κ1) is 17.1. The summed E-state index contributed by atoms with van der Waals surface area (Å²) in [7, 11) is 1.66. The van der Waals surface area contributed by atoms with E-state index < -0.39 is 0 Å². The SMILES string of the molecule is COc1cccc(-c2ccc3nnc(SCc4ccc(Br)cc4)n3n2)c1. The van der Waals surface area contributed by atoms with Crippen LogP contribution in [0.4, 0.5) is 0 Å². The second kappa shape index (κ2) is 7.47. The first-order chi connectivity index (χ1) is 12.7. The summed E-state index contributed by atoms with van der Waals surface area (Å²) in [5.74, 6) is 1.61. The van der Waals surface area contributed by atoms with E-state index in [0.717, 1.165) is 38.0 Å². The number of thioether (sulfide) groups is 1. The normalized spacial score (nSPS) is 11.0. The Balaban J connectivity index is 1.62. The molecule has 2 heterocycles. The Labute approximate surface area is 163 Å². The van der Waals surface area contributed by atoms with E-state index in [4.69, 9.17) is 9.84 Å². The van der Waals surface area contributed by atoms with Crippen molar-refractivity contribution in [3.05, 3.63) is 70.7 Å². The van der Waals surface area contributed by atoms with Gasteiger partial charge in [0.25, 0.3) is 0 Å². The molecule has 0 aliphatic rings. The number of fused-ring (bicyclic) bond motifs is 1. The Kier molecular flexibility index (Phi) is 4.90. The van der Waals surface area contributed by atoms with Crippen molar-refractivity contribution < 1.29 is 4.74 Å². The Bertz CT molecular complexity index is 1050. The topological polar surface area (TPSA) is 52.3 Å². The predicted molar refractivity (Wildman–Crippen MR) is 106 cm³/mol. The summed E-state index contributed by atoms with van der Waals surface area (Å²) in [5.41, 5.74) is 3.79. The van der Waals surface area contributed by atoms with Gasteiger partial charge in [-0.05, 0) is 42.0 Å². The van der Waals surface area contributed by atoms with Crippen molar-refractivity contribution in [1.29, 1.82) is 0 Å². The molecule has 7 heteroatoms. The molecule has 5 nitrogen and oxygen atoms in total. The lowest BCUT2D eigenvalue weighted by Crippen LogP contribution is -1.97. The van der Waals surface area contributed by atoms with Gasteiger partial charge in [0, 0.05) is 15.8 Å². The van der Waals surface area contributed by atoms with Crippen LogP contribution in [0.2, 0.25) is 0 Å². The molecular formula is C19H15BrN4OS. The van der Waals surface area contributed by atoms with Crippen molar-refractivity contribution in [2.45, 2.75) is 10.9 Å². The molecule has 0 N–H and O–H groups in total. The fraction of sp³-hybridized carbons (Fsp3) is 0.105. The van der Waals surface area contributed by atoms with Gasteiger partial charge in [0.1, 0.15) is 5.75 Å². The lowest BCUT2D eigenvalue weighted by atomic mass is 10.1. The molecule has 0 saturated carbocycles. The summed E-state index contributed by atoms with van der Waals surface area (Å²) >= 11 is 5.07. The van der Waals surface area contributed by atoms with Crippen LogP contribution in [0.15, 0.2) is 70.3 Å². The van der Waals surface area contributed by atoms with Gasteiger partial charge in [-0.15, -0.1) is 10.2 Å². The zero-order valence-electron chi connectivity index (χ0n) is 14.0. The van der Waals surface area contributed by atoms with E-state index in [-0.39, 0.29) is 0 Å². The third kappa shape index (κ3) is 3.59. The molecule has 2 aromatic heterocycles. The molecule has 130 valence electrons. The number of rotatable bonds is 5. The lowest BCUT2D eigenvalue weighted by molar-refractivity contribution is 0.415. The Morgan fingerprint density at radius 1 is 1.04 bits per heavy atom. The number of aromatic nitrogens is 4. The molecular weight excluding hydrogens is 412 g/mol. The molecule has 4 aromatic rings. The number of hydrogen-bond acceptors (Lipinski definition) is 5. The van der Waals surface area contributed by atoms with Crippen LogP contribution in [0, 0.1) is 0 Å². The fourth-order valence-corrected chi connectivity index (χ4v) is 3.63. The van der Waals surface area contributed by atoms with Crippen LogP contribution in [0.1, 0.15) is 5.56 Å². The number of halogens is 1. The van der Waals surface area contributed by atoms with Crippen molar-refractivity contribution in [2.75, 3.05) is 7.11 Å². The highest BCUT2D eigenvalue weighted by Gasteiger charge is 2.10. The van der Waals surface area contributed by atoms with E-state index in [1.165, 1.54) is 5.56 Å². The zero-order chi connectivity index (χ0) is 17.9. The predicted octanol–water partition coefficient (Wildman–Crippen LogP) is 4.85. The van der Waals surface area contributed by atoms with Crippen LogP contribution in [-0.2, 0) is 5.75 Å². The molecule has 0 atom stereocenters. The molecule has 0 unspecified atom stereocenters. The number of nitrogens with zero attached hydrogens (tertiary/aromatic N) is 4. The Hall–Kier alpha value is -2.38. The minimum Gasteiger partial charge on any atom is -0.497 e. The third-order valence-corrected chi connectivity index (χ3v) is 5.40. The van der Waals surface area contributed by atoms with E-state index in [2.05, 4.69) is 38.3 Å². The van der Waals surface area contributed by atoms with Gasteiger partial charge in [0.05, 0.1) is 12.8 Å². The molecule has 0 bridgehead atoms. The highest BCUT2D eigenvalue weighted by Crippen LogP contribution is 2.25. The van der Waals surface area contributed by atoms with Crippen LogP contribution in [0.25, 0.3) is 16.9 Å². The fourth-order valence-electron chi connectivity index (χ4n) is 2.52. The molecule has 0 fully saturated rings. The first-order valence-corrected chi connectivity index (χ1v) is 9.75. The maximum absolute atomic E-state index is 5.30.